The van der Waals surface area contributed by atoms with E-state index in [2.05, 4.69) is 4.98 Å². The molecule has 5 heteroatoms. The van der Waals surface area contributed by atoms with E-state index in [-0.39, 0.29) is 5.56 Å². The third kappa shape index (κ3) is 2.84. The van der Waals surface area contributed by atoms with Gasteiger partial charge in [-0.1, -0.05) is 24.3 Å². The Labute approximate surface area is 149 Å². The van der Waals surface area contributed by atoms with Crippen molar-refractivity contribution in [3.63, 3.8) is 0 Å². The van der Waals surface area contributed by atoms with Crippen LogP contribution in [0.5, 0.6) is 5.75 Å². The summed E-state index contributed by atoms with van der Waals surface area (Å²) in [6, 6.07) is 18.4. The Hall–Kier alpha value is -3.47. The van der Waals surface area contributed by atoms with Gasteiger partial charge in [-0.3, -0.25) is 0 Å². The highest BCUT2D eigenvalue weighted by Crippen LogP contribution is 2.34. The molecule has 0 aliphatic rings. The molecular formula is C21H17NO4. The van der Waals surface area contributed by atoms with Crippen LogP contribution in [0.1, 0.15) is 17.3 Å². The fraction of sp³-hybridized carbons (Fsp3) is 0.0952. The maximum Gasteiger partial charge on any atom is 0.335 e. The van der Waals surface area contributed by atoms with Gasteiger partial charge in [-0.25, -0.2) is 4.79 Å². The summed E-state index contributed by atoms with van der Waals surface area (Å²) < 4.78 is 11.6. The van der Waals surface area contributed by atoms with E-state index in [4.69, 9.17) is 14.3 Å². The molecule has 0 fully saturated rings. The van der Waals surface area contributed by atoms with Gasteiger partial charge in [0.25, 0.3) is 0 Å². The van der Waals surface area contributed by atoms with E-state index in [0.29, 0.717) is 6.61 Å². The first-order valence-electron chi connectivity index (χ1n) is 8.34. The van der Waals surface area contributed by atoms with Crippen LogP contribution >= 0.6 is 0 Å². The van der Waals surface area contributed by atoms with Crippen molar-refractivity contribution in [2.45, 2.75) is 6.92 Å². The quantitative estimate of drug-likeness (QED) is 0.521. The van der Waals surface area contributed by atoms with E-state index in [0.717, 1.165) is 39.4 Å². The minimum absolute atomic E-state index is 0.265. The lowest BCUT2D eigenvalue weighted by molar-refractivity contribution is 0.0697. The maximum absolute atomic E-state index is 11.0. The zero-order chi connectivity index (χ0) is 18.1. The molecule has 0 amide bonds. The van der Waals surface area contributed by atoms with Crippen LogP contribution in [0.4, 0.5) is 0 Å². The highest BCUT2D eigenvalue weighted by molar-refractivity contribution is 5.89. The first-order chi connectivity index (χ1) is 12.7. The molecule has 0 spiro atoms. The third-order valence-electron chi connectivity index (χ3n) is 4.20. The van der Waals surface area contributed by atoms with Crippen molar-refractivity contribution >= 4 is 16.9 Å². The molecular weight excluding hydrogens is 330 g/mol. The molecule has 2 aromatic carbocycles. The van der Waals surface area contributed by atoms with Gasteiger partial charge in [0.1, 0.15) is 0 Å². The molecule has 0 aliphatic carbocycles. The first kappa shape index (κ1) is 16.0. The second kappa shape index (κ2) is 6.44. The average molecular weight is 347 g/mol. The standard InChI is InChI=1S/C21H17NO4/c1-2-25-18-5-3-4-15-12-19(26-20(15)18)17-11-10-16(22-17)13-6-8-14(9-7-13)21(23)24/h3-12,22H,2H2,1H3,(H,23,24). The second-order valence-electron chi connectivity index (χ2n) is 5.89. The molecule has 0 atom stereocenters. The Morgan fingerprint density at radius 3 is 2.58 bits per heavy atom. The molecule has 0 saturated carbocycles. The van der Waals surface area contributed by atoms with E-state index in [1.165, 1.54) is 0 Å². The largest absolute Gasteiger partial charge is 0.490 e. The predicted octanol–water partition coefficient (Wildman–Crippen LogP) is 5.19. The average Bonchev–Trinajstić information content (AvgIpc) is 3.29. The maximum atomic E-state index is 11.0. The molecule has 130 valence electrons. The van der Waals surface area contributed by atoms with Gasteiger partial charge in [0, 0.05) is 11.1 Å². The molecule has 0 unspecified atom stereocenters. The van der Waals surface area contributed by atoms with Crippen molar-refractivity contribution in [3.8, 4) is 28.5 Å². The zero-order valence-electron chi connectivity index (χ0n) is 14.2. The highest BCUT2D eigenvalue weighted by Gasteiger charge is 2.12. The monoisotopic (exact) mass is 347 g/mol. The van der Waals surface area contributed by atoms with Crippen LogP contribution in [0.2, 0.25) is 0 Å². The minimum Gasteiger partial charge on any atom is -0.490 e. The first-order valence-corrected chi connectivity index (χ1v) is 8.34. The van der Waals surface area contributed by atoms with Gasteiger partial charge in [-0.05, 0) is 48.9 Å². The molecule has 4 aromatic rings. The number of aromatic carboxylic acids is 1. The summed E-state index contributed by atoms with van der Waals surface area (Å²) in [6.07, 6.45) is 0. The second-order valence-corrected chi connectivity index (χ2v) is 5.89. The number of rotatable bonds is 5. The lowest BCUT2D eigenvalue weighted by atomic mass is 10.1. The number of carbonyl (C=O) groups is 1. The summed E-state index contributed by atoms with van der Waals surface area (Å²) in [7, 11) is 0. The number of aromatic amines is 1. The molecule has 5 nitrogen and oxygen atoms in total. The Morgan fingerprint density at radius 2 is 1.85 bits per heavy atom. The van der Waals surface area contributed by atoms with Crippen LogP contribution in [-0.2, 0) is 0 Å². The van der Waals surface area contributed by atoms with Gasteiger partial charge in [0.15, 0.2) is 17.1 Å². The number of H-pyrrole nitrogens is 1. The van der Waals surface area contributed by atoms with Crippen LogP contribution < -0.4 is 4.74 Å². The number of aromatic nitrogens is 1. The van der Waals surface area contributed by atoms with Crippen LogP contribution in [0.3, 0.4) is 0 Å². The van der Waals surface area contributed by atoms with Crippen molar-refractivity contribution in [1.82, 2.24) is 4.98 Å². The fourth-order valence-corrected chi connectivity index (χ4v) is 2.94. The summed E-state index contributed by atoms with van der Waals surface area (Å²) in [5, 5.41) is 9.98. The summed E-state index contributed by atoms with van der Waals surface area (Å²) in [5.74, 6) is 0.518. The molecule has 0 aliphatic heterocycles. The number of hydrogen-bond donors (Lipinski definition) is 2. The van der Waals surface area contributed by atoms with Gasteiger partial charge in [-0.15, -0.1) is 0 Å². The van der Waals surface area contributed by atoms with Gasteiger partial charge >= 0.3 is 5.97 Å². The zero-order valence-corrected chi connectivity index (χ0v) is 14.2. The molecule has 0 bridgehead atoms. The molecule has 2 N–H and O–H groups in total. The van der Waals surface area contributed by atoms with Gasteiger partial charge in [-0.2, -0.15) is 0 Å². The highest BCUT2D eigenvalue weighted by atomic mass is 16.5. The van der Waals surface area contributed by atoms with Crippen LogP contribution in [0.15, 0.2) is 65.1 Å². The number of para-hydroxylation sites is 1. The van der Waals surface area contributed by atoms with Gasteiger partial charge in [0.05, 0.1) is 17.9 Å². The Morgan fingerprint density at radius 1 is 1.08 bits per heavy atom. The van der Waals surface area contributed by atoms with Crippen molar-refractivity contribution in [1.29, 1.82) is 0 Å². The molecule has 0 saturated heterocycles. The molecule has 4 rings (SSSR count). The third-order valence-corrected chi connectivity index (χ3v) is 4.20. The minimum atomic E-state index is -0.934. The molecule has 0 radical (unpaired) electrons. The van der Waals surface area contributed by atoms with Crippen LogP contribution in [-0.4, -0.2) is 22.7 Å². The number of carboxylic acid groups (broad SMARTS) is 1. The number of fused-ring (bicyclic) bond motifs is 1. The van der Waals surface area contributed by atoms with Crippen LogP contribution in [0, 0.1) is 0 Å². The van der Waals surface area contributed by atoms with E-state index < -0.39 is 5.97 Å². The van der Waals surface area contributed by atoms with Crippen LogP contribution in [0.25, 0.3) is 33.7 Å². The Kier molecular flexibility index (Phi) is 3.97. The normalized spacial score (nSPS) is 11.0. The number of benzene rings is 2. The van der Waals surface area contributed by atoms with E-state index in [9.17, 15) is 4.79 Å². The van der Waals surface area contributed by atoms with Crippen molar-refractivity contribution in [2.24, 2.45) is 0 Å². The summed E-state index contributed by atoms with van der Waals surface area (Å²) in [6.45, 7) is 2.52. The number of carboxylic acids is 1. The lowest BCUT2D eigenvalue weighted by Gasteiger charge is -2.02. The Bertz CT molecular complexity index is 1070. The number of furan rings is 1. The SMILES string of the molecule is CCOc1cccc2cc(-c3ccc(-c4ccc(C(=O)O)cc4)[nH]3)oc12. The van der Waals surface area contributed by atoms with E-state index >= 15 is 0 Å². The smallest absolute Gasteiger partial charge is 0.335 e. The topological polar surface area (TPSA) is 75.5 Å². The Balaban J connectivity index is 1.68. The summed E-state index contributed by atoms with van der Waals surface area (Å²) in [5.41, 5.74) is 3.64. The van der Waals surface area contributed by atoms with Crippen molar-refractivity contribution in [3.05, 3.63) is 66.2 Å². The molecule has 2 heterocycles. The number of ether oxygens (including phenoxy) is 1. The van der Waals surface area contributed by atoms with Gasteiger partial charge in [0.2, 0.25) is 0 Å². The summed E-state index contributed by atoms with van der Waals surface area (Å²) in [4.78, 5) is 14.3. The lowest BCUT2D eigenvalue weighted by Crippen LogP contribution is -1.94. The van der Waals surface area contributed by atoms with Crippen molar-refractivity contribution in [2.75, 3.05) is 6.61 Å². The predicted molar refractivity (Wildman–Crippen MR) is 99.6 cm³/mol. The molecule has 2 aromatic heterocycles. The number of nitrogens with one attached hydrogen (secondary N) is 1. The van der Waals surface area contributed by atoms with E-state index in [1.54, 1.807) is 24.3 Å². The van der Waals surface area contributed by atoms with Crippen molar-refractivity contribution < 1.29 is 19.1 Å². The molecule has 26 heavy (non-hydrogen) atoms. The van der Waals surface area contributed by atoms with E-state index in [1.807, 2.05) is 43.3 Å². The number of hydrogen-bond acceptors (Lipinski definition) is 3. The fourth-order valence-electron chi connectivity index (χ4n) is 2.94. The van der Waals surface area contributed by atoms with Gasteiger partial charge < -0.3 is 19.2 Å². The summed E-state index contributed by atoms with van der Waals surface area (Å²) >= 11 is 0.